The van der Waals surface area contributed by atoms with E-state index < -0.39 is 12.1 Å². The molecule has 1 aliphatic rings. The van der Waals surface area contributed by atoms with E-state index in [1.165, 1.54) is 24.3 Å². The number of aromatic nitrogens is 2. The Morgan fingerprint density at radius 2 is 1.76 bits per heavy atom. The molecule has 2 heterocycles. The summed E-state index contributed by atoms with van der Waals surface area (Å²) in [5, 5.41) is 16.9. The Morgan fingerprint density at radius 3 is 2.39 bits per heavy atom. The first-order chi connectivity index (χ1) is 19.5. The van der Waals surface area contributed by atoms with Gasteiger partial charge in [0.25, 0.3) is 0 Å². The lowest BCUT2D eigenvalue weighted by Gasteiger charge is -2.25. The van der Waals surface area contributed by atoms with Crippen LogP contribution in [0.3, 0.4) is 0 Å². The number of aliphatic carboxylic acids is 1. The van der Waals surface area contributed by atoms with Gasteiger partial charge in [0, 0.05) is 11.8 Å². The van der Waals surface area contributed by atoms with Gasteiger partial charge in [-0.1, -0.05) is 6.07 Å². The maximum atomic E-state index is 13.3. The molecule has 0 radical (unpaired) electrons. The molecule has 214 valence electrons. The van der Waals surface area contributed by atoms with Gasteiger partial charge < -0.3 is 24.6 Å². The van der Waals surface area contributed by atoms with Gasteiger partial charge in [-0.3, -0.25) is 9.89 Å². The molecule has 1 atom stereocenters. The zero-order chi connectivity index (χ0) is 29.6. The second kappa shape index (κ2) is 12.4. The number of hydrogen-bond acceptors (Lipinski definition) is 6. The smallest absolute Gasteiger partial charge is 0.490 e. The summed E-state index contributed by atoms with van der Waals surface area (Å²) in [4.78, 5) is 22.0. The van der Waals surface area contributed by atoms with Gasteiger partial charge in [0.2, 0.25) is 5.91 Å². The van der Waals surface area contributed by atoms with E-state index in [1.54, 1.807) is 31.6 Å². The molecule has 9 nitrogen and oxygen atoms in total. The number of H-pyrrole nitrogens is 1. The summed E-state index contributed by atoms with van der Waals surface area (Å²) in [5.41, 5.74) is 3.14. The van der Waals surface area contributed by atoms with E-state index in [2.05, 4.69) is 15.5 Å². The Labute approximate surface area is 230 Å². The van der Waals surface area contributed by atoms with Crippen molar-refractivity contribution in [2.75, 3.05) is 19.0 Å². The number of benzene rings is 3. The third kappa shape index (κ3) is 7.53. The molecule has 13 heteroatoms. The fraction of sp³-hybridized carbons (Fsp3) is 0.179. The number of nitrogens with one attached hydrogen (secondary N) is 2. The first kappa shape index (κ1) is 28.9. The lowest BCUT2D eigenvalue weighted by Crippen LogP contribution is -2.32. The van der Waals surface area contributed by atoms with Crippen LogP contribution in [0.1, 0.15) is 5.56 Å². The van der Waals surface area contributed by atoms with Crippen LogP contribution in [0, 0.1) is 11.7 Å². The standard InChI is InChI=1S/C26H22FN3O4.C2HF3O2/c1-32-22-7-9-24-17(11-22)10-18(15-33-24)26(31)30-23-8-2-16(19-13-28-29-14-19)12-25(23)34-21-5-3-20(27)4-6-21;3-2(4,5)1(6)7/h2-9,11-14,18H,10,15H2,1H3,(H,28,29)(H,30,31);(H,6,7). The molecular weight excluding hydrogens is 550 g/mol. The summed E-state index contributed by atoms with van der Waals surface area (Å²) in [6, 6.07) is 16.7. The zero-order valence-electron chi connectivity index (χ0n) is 21.4. The highest BCUT2D eigenvalue weighted by Crippen LogP contribution is 2.36. The number of fused-ring (bicyclic) bond motifs is 1. The van der Waals surface area contributed by atoms with Gasteiger partial charge in [-0.2, -0.15) is 18.3 Å². The van der Waals surface area contributed by atoms with Crippen LogP contribution < -0.4 is 19.5 Å². The average Bonchev–Trinajstić information content (AvgIpc) is 3.49. The molecule has 1 amide bonds. The van der Waals surface area contributed by atoms with Crippen LogP contribution in [0.25, 0.3) is 11.1 Å². The van der Waals surface area contributed by atoms with Crippen LogP contribution in [0.2, 0.25) is 0 Å². The van der Waals surface area contributed by atoms with Crippen LogP contribution in [-0.4, -0.2) is 47.1 Å². The van der Waals surface area contributed by atoms with Gasteiger partial charge in [-0.05, 0) is 72.1 Å². The summed E-state index contributed by atoms with van der Waals surface area (Å²) in [5.74, 6) is -1.33. The molecule has 0 spiro atoms. The summed E-state index contributed by atoms with van der Waals surface area (Å²) in [6.45, 7) is 0.270. The number of carboxylic acids is 1. The number of carboxylic acid groups (broad SMARTS) is 1. The summed E-state index contributed by atoms with van der Waals surface area (Å²) >= 11 is 0. The number of anilines is 1. The number of alkyl halides is 3. The molecule has 4 aromatic rings. The number of rotatable bonds is 6. The monoisotopic (exact) mass is 573 g/mol. The highest BCUT2D eigenvalue weighted by Gasteiger charge is 2.38. The number of hydrogen-bond donors (Lipinski definition) is 3. The van der Waals surface area contributed by atoms with Crippen molar-refractivity contribution in [3.05, 3.63) is 84.4 Å². The average molecular weight is 573 g/mol. The van der Waals surface area contributed by atoms with E-state index in [-0.39, 0.29) is 24.2 Å². The van der Waals surface area contributed by atoms with Gasteiger partial charge in [-0.25, -0.2) is 9.18 Å². The van der Waals surface area contributed by atoms with Crippen LogP contribution >= 0.6 is 0 Å². The molecule has 0 fully saturated rings. The summed E-state index contributed by atoms with van der Waals surface area (Å²) in [7, 11) is 1.60. The quantitative estimate of drug-likeness (QED) is 0.248. The normalized spacial score (nSPS) is 14.0. The largest absolute Gasteiger partial charge is 0.497 e. The molecule has 1 unspecified atom stereocenters. The molecule has 1 aromatic heterocycles. The van der Waals surface area contributed by atoms with E-state index in [0.717, 1.165) is 22.4 Å². The maximum absolute atomic E-state index is 13.3. The van der Waals surface area contributed by atoms with Crippen LogP contribution in [0.5, 0.6) is 23.0 Å². The minimum Gasteiger partial charge on any atom is -0.497 e. The van der Waals surface area contributed by atoms with Crippen LogP contribution in [0.15, 0.2) is 73.1 Å². The second-order valence-corrected chi connectivity index (χ2v) is 8.73. The van der Waals surface area contributed by atoms with Gasteiger partial charge in [0.05, 0.1) is 24.9 Å². The second-order valence-electron chi connectivity index (χ2n) is 8.73. The van der Waals surface area contributed by atoms with Gasteiger partial charge >= 0.3 is 12.1 Å². The lowest BCUT2D eigenvalue weighted by atomic mass is 9.95. The zero-order valence-corrected chi connectivity index (χ0v) is 21.4. The fourth-order valence-electron chi connectivity index (χ4n) is 3.83. The van der Waals surface area contributed by atoms with Crippen molar-refractivity contribution in [3.8, 4) is 34.1 Å². The molecule has 0 bridgehead atoms. The van der Waals surface area contributed by atoms with Crippen molar-refractivity contribution in [2.24, 2.45) is 5.92 Å². The highest BCUT2D eigenvalue weighted by molar-refractivity contribution is 5.95. The summed E-state index contributed by atoms with van der Waals surface area (Å²) in [6.07, 6.45) is -1.10. The molecule has 41 heavy (non-hydrogen) atoms. The fourth-order valence-corrected chi connectivity index (χ4v) is 3.83. The number of carbonyl (C=O) groups excluding carboxylic acids is 1. The number of amides is 1. The first-order valence-electron chi connectivity index (χ1n) is 12.0. The maximum Gasteiger partial charge on any atom is 0.490 e. The van der Waals surface area contributed by atoms with E-state index in [9.17, 15) is 22.4 Å². The van der Waals surface area contributed by atoms with Gasteiger partial charge in [0.15, 0.2) is 5.75 Å². The van der Waals surface area contributed by atoms with E-state index in [0.29, 0.717) is 29.4 Å². The molecule has 1 aliphatic heterocycles. The number of aromatic amines is 1. The third-order valence-corrected chi connectivity index (χ3v) is 5.90. The predicted molar refractivity (Wildman–Crippen MR) is 139 cm³/mol. The van der Waals surface area contributed by atoms with Crippen molar-refractivity contribution in [1.29, 1.82) is 0 Å². The number of nitrogens with zero attached hydrogens (tertiary/aromatic N) is 1. The molecule has 0 saturated carbocycles. The van der Waals surface area contributed by atoms with Crippen LogP contribution in [0.4, 0.5) is 23.2 Å². The first-order valence-corrected chi connectivity index (χ1v) is 12.0. The van der Waals surface area contributed by atoms with E-state index >= 15 is 0 Å². The van der Waals surface area contributed by atoms with Crippen molar-refractivity contribution in [3.63, 3.8) is 0 Å². The molecular formula is C28H23F4N3O6. The van der Waals surface area contributed by atoms with Crippen molar-refractivity contribution in [2.45, 2.75) is 12.6 Å². The van der Waals surface area contributed by atoms with Gasteiger partial charge in [-0.15, -0.1) is 0 Å². The van der Waals surface area contributed by atoms with Crippen LogP contribution in [-0.2, 0) is 16.0 Å². The Hall–Kier alpha value is -5.07. The third-order valence-electron chi connectivity index (χ3n) is 5.90. The topological polar surface area (TPSA) is 123 Å². The summed E-state index contributed by atoms with van der Waals surface area (Å²) < 4.78 is 62.2. The number of carbonyl (C=O) groups is 2. The van der Waals surface area contributed by atoms with Crippen molar-refractivity contribution in [1.82, 2.24) is 10.2 Å². The molecule has 3 aromatic carbocycles. The Morgan fingerprint density at radius 1 is 1.05 bits per heavy atom. The molecule has 5 rings (SSSR count). The molecule has 0 saturated heterocycles. The highest BCUT2D eigenvalue weighted by atomic mass is 19.4. The minimum absolute atomic E-state index is 0.187. The van der Waals surface area contributed by atoms with E-state index in [1.807, 2.05) is 24.3 Å². The van der Waals surface area contributed by atoms with E-state index in [4.69, 9.17) is 24.1 Å². The van der Waals surface area contributed by atoms with Gasteiger partial charge in [0.1, 0.15) is 29.7 Å². The van der Waals surface area contributed by atoms with Crippen molar-refractivity contribution < 1.29 is 46.5 Å². The molecule has 3 N–H and O–H groups in total. The minimum atomic E-state index is -5.08. The lowest BCUT2D eigenvalue weighted by molar-refractivity contribution is -0.192. The Balaban J connectivity index is 0.000000493. The predicted octanol–water partition coefficient (Wildman–Crippen LogP) is 5.84. The number of methoxy groups -OCH3 is 1. The molecule has 0 aliphatic carbocycles. The number of halogens is 4. The Bertz CT molecular complexity index is 1510. The SMILES string of the molecule is COc1ccc2c(c1)CC(C(=O)Nc1ccc(-c3cn[nH]c3)cc1Oc1ccc(F)cc1)CO2.O=C(O)C(F)(F)F. The van der Waals surface area contributed by atoms with Crippen molar-refractivity contribution >= 4 is 17.6 Å². The number of ether oxygens (including phenoxy) is 3. The Kier molecular flexibility index (Phi) is 8.75.